The Morgan fingerprint density at radius 3 is 2.63 bits per heavy atom. The van der Waals surface area contributed by atoms with Crippen LogP contribution in [0.25, 0.3) is 0 Å². The minimum atomic E-state index is -0.492. The topological polar surface area (TPSA) is 75.4 Å². The lowest BCUT2D eigenvalue weighted by atomic mass is 9.94. The summed E-state index contributed by atoms with van der Waals surface area (Å²) < 4.78 is 0. The van der Waals surface area contributed by atoms with Crippen LogP contribution in [0.4, 0.5) is 5.69 Å². The molecule has 1 heterocycles. The summed E-state index contributed by atoms with van der Waals surface area (Å²) in [5.41, 5.74) is 8.01. The first-order chi connectivity index (χ1) is 13.0. The van der Waals surface area contributed by atoms with Crippen molar-refractivity contribution in [1.29, 1.82) is 0 Å². The average Bonchev–Trinajstić information content (AvgIpc) is 2.66. The van der Waals surface area contributed by atoms with E-state index in [0.717, 1.165) is 30.5 Å². The second-order valence-electron chi connectivity index (χ2n) is 7.00. The average molecular weight is 386 g/mol. The molecule has 0 aromatic heterocycles. The van der Waals surface area contributed by atoms with Crippen molar-refractivity contribution >= 4 is 29.1 Å². The number of hydrogen-bond donors (Lipinski definition) is 2. The molecule has 1 fully saturated rings. The summed E-state index contributed by atoms with van der Waals surface area (Å²) in [5.74, 6) is -0.685. The summed E-state index contributed by atoms with van der Waals surface area (Å²) >= 11 is 6.18. The van der Waals surface area contributed by atoms with Gasteiger partial charge in [0.15, 0.2) is 0 Å². The fourth-order valence-electron chi connectivity index (χ4n) is 3.52. The highest BCUT2D eigenvalue weighted by Gasteiger charge is 2.33. The van der Waals surface area contributed by atoms with Crippen molar-refractivity contribution in [2.75, 3.05) is 18.4 Å². The number of rotatable bonds is 5. The molecule has 0 radical (unpaired) electrons. The molecule has 0 saturated carbocycles. The molecule has 142 valence electrons. The molecule has 1 aliphatic rings. The summed E-state index contributed by atoms with van der Waals surface area (Å²) in [5, 5.41) is 3.58. The number of likely N-dealkylation sites (tertiary alicyclic amines) is 1. The van der Waals surface area contributed by atoms with Gasteiger partial charge in [-0.2, -0.15) is 0 Å². The maximum absolute atomic E-state index is 13.2. The van der Waals surface area contributed by atoms with Crippen molar-refractivity contribution < 1.29 is 9.59 Å². The van der Waals surface area contributed by atoms with Gasteiger partial charge in [-0.1, -0.05) is 48.0 Å². The van der Waals surface area contributed by atoms with E-state index in [1.807, 2.05) is 54.3 Å². The van der Waals surface area contributed by atoms with Crippen molar-refractivity contribution in [2.24, 2.45) is 11.7 Å². The third-order valence-electron chi connectivity index (χ3n) is 5.02. The fourth-order valence-corrected chi connectivity index (χ4v) is 3.70. The lowest BCUT2D eigenvalue weighted by molar-refractivity contribution is -0.127. The molecular formula is C21H24ClN3O2. The Hall–Kier alpha value is -2.37. The van der Waals surface area contributed by atoms with Crippen LogP contribution in [0.15, 0.2) is 48.5 Å². The zero-order valence-corrected chi connectivity index (χ0v) is 16.1. The first-order valence-corrected chi connectivity index (χ1v) is 9.49. The quantitative estimate of drug-likeness (QED) is 0.826. The molecule has 3 rings (SSSR count). The number of hydrogen-bond acceptors (Lipinski definition) is 3. The number of amides is 2. The highest BCUT2D eigenvalue weighted by atomic mass is 35.5. The van der Waals surface area contributed by atoms with Gasteiger partial charge in [0.2, 0.25) is 11.8 Å². The van der Waals surface area contributed by atoms with Crippen LogP contribution in [-0.4, -0.2) is 29.8 Å². The number of piperidine rings is 1. The Labute approximate surface area is 164 Å². The lowest BCUT2D eigenvalue weighted by Gasteiger charge is -2.36. The Balaban J connectivity index is 1.86. The molecule has 1 saturated heterocycles. The van der Waals surface area contributed by atoms with E-state index in [0.29, 0.717) is 17.3 Å². The molecule has 27 heavy (non-hydrogen) atoms. The summed E-state index contributed by atoms with van der Waals surface area (Å²) in [6.07, 6.45) is 1.60. The number of benzene rings is 2. The summed E-state index contributed by atoms with van der Waals surface area (Å²) in [6.45, 7) is 3.14. The zero-order chi connectivity index (χ0) is 19.4. The van der Waals surface area contributed by atoms with Crippen molar-refractivity contribution in [3.63, 3.8) is 0 Å². The van der Waals surface area contributed by atoms with E-state index in [1.54, 1.807) is 6.07 Å². The predicted molar refractivity (Wildman–Crippen MR) is 107 cm³/mol. The first kappa shape index (κ1) is 19.4. The largest absolute Gasteiger partial charge is 0.369 e. The van der Waals surface area contributed by atoms with Crippen LogP contribution in [0, 0.1) is 12.8 Å². The SMILES string of the molecule is Cc1ccc(NC(=O)[C@H](c2ccccc2)N2CCC[C@H](C(N)=O)C2)cc1Cl. The van der Waals surface area contributed by atoms with Crippen LogP contribution in [0.2, 0.25) is 5.02 Å². The van der Waals surface area contributed by atoms with Crippen LogP contribution in [0.1, 0.15) is 30.0 Å². The summed E-state index contributed by atoms with van der Waals surface area (Å²) in [6, 6.07) is 14.6. The summed E-state index contributed by atoms with van der Waals surface area (Å²) in [7, 11) is 0. The molecule has 5 nitrogen and oxygen atoms in total. The maximum Gasteiger partial charge on any atom is 0.246 e. The van der Waals surface area contributed by atoms with Crippen molar-refractivity contribution in [2.45, 2.75) is 25.8 Å². The molecule has 0 spiro atoms. The van der Waals surface area contributed by atoms with Gasteiger partial charge in [-0.15, -0.1) is 0 Å². The Morgan fingerprint density at radius 2 is 1.96 bits per heavy atom. The lowest BCUT2D eigenvalue weighted by Crippen LogP contribution is -2.46. The van der Waals surface area contributed by atoms with Gasteiger partial charge in [-0.3, -0.25) is 14.5 Å². The monoisotopic (exact) mass is 385 g/mol. The third kappa shape index (κ3) is 4.67. The minimum Gasteiger partial charge on any atom is -0.369 e. The number of aryl methyl sites for hydroxylation is 1. The first-order valence-electron chi connectivity index (χ1n) is 9.11. The fraction of sp³-hybridized carbons (Fsp3) is 0.333. The van der Waals surface area contributed by atoms with Gasteiger partial charge in [0.05, 0.1) is 5.92 Å². The Morgan fingerprint density at radius 1 is 1.22 bits per heavy atom. The molecular weight excluding hydrogens is 362 g/mol. The summed E-state index contributed by atoms with van der Waals surface area (Å²) in [4.78, 5) is 26.9. The van der Waals surface area contributed by atoms with Crippen LogP contribution in [0.3, 0.4) is 0 Å². The van der Waals surface area contributed by atoms with Crippen LogP contribution in [-0.2, 0) is 9.59 Å². The molecule has 2 atom stereocenters. The molecule has 2 aromatic rings. The molecule has 2 aromatic carbocycles. The molecule has 1 aliphatic heterocycles. The van der Waals surface area contributed by atoms with Crippen LogP contribution < -0.4 is 11.1 Å². The third-order valence-corrected chi connectivity index (χ3v) is 5.43. The van der Waals surface area contributed by atoms with Crippen molar-refractivity contribution in [1.82, 2.24) is 4.90 Å². The molecule has 3 N–H and O–H groups in total. The van der Waals surface area contributed by atoms with E-state index >= 15 is 0 Å². The van der Waals surface area contributed by atoms with E-state index < -0.39 is 6.04 Å². The van der Waals surface area contributed by atoms with Gasteiger partial charge in [0.1, 0.15) is 6.04 Å². The number of carbonyl (C=O) groups excluding carboxylic acids is 2. The smallest absolute Gasteiger partial charge is 0.246 e. The molecule has 0 bridgehead atoms. The minimum absolute atomic E-state index is 0.147. The van der Waals surface area contributed by atoms with Crippen LogP contribution in [0.5, 0.6) is 0 Å². The van der Waals surface area contributed by atoms with Crippen LogP contribution >= 0.6 is 11.6 Å². The van der Waals surface area contributed by atoms with E-state index in [4.69, 9.17) is 17.3 Å². The number of nitrogens with zero attached hydrogens (tertiary/aromatic N) is 1. The van der Waals surface area contributed by atoms with Crippen molar-refractivity contribution in [3.05, 3.63) is 64.7 Å². The van der Waals surface area contributed by atoms with Gasteiger partial charge < -0.3 is 11.1 Å². The molecule has 0 unspecified atom stereocenters. The van der Waals surface area contributed by atoms with Gasteiger partial charge in [-0.25, -0.2) is 0 Å². The predicted octanol–water partition coefficient (Wildman–Crippen LogP) is 3.53. The van der Waals surface area contributed by atoms with E-state index in [9.17, 15) is 9.59 Å². The maximum atomic E-state index is 13.2. The second kappa shape index (κ2) is 8.55. The second-order valence-corrected chi connectivity index (χ2v) is 7.41. The molecule has 0 aliphatic carbocycles. The number of nitrogens with one attached hydrogen (secondary N) is 1. The normalized spacial score (nSPS) is 18.7. The number of halogens is 1. The zero-order valence-electron chi connectivity index (χ0n) is 15.3. The number of nitrogens with two attached hydrogens (primary N) is 1. The highest BCUT2D eigenvalue weighted by Crippen LogP contribution is 2.29. The molecule has 2 amide bonds. The van der Waals surface area contributed by atoms with E-state index in [-0.39, 0.29) is 17.7 Å². The molecule has 6 heteroatoms. The van der Waals surface area contributed by atoms with Crippen molar-refractivity contribution in [3.8, 4) is 0 Å². The standard InChI is InChI=1S/C21H24ClN3O2/c1-14-9-10-17(12-18(14)22)24-21(27)19(15-6-3-2-4-7-15)25-11-5-8-16(13-25)20(23)26/h2-4,6-7,9-10,12,16,19H,5,8,11,13H2,1H3,(H2,23,26)(H,24,27)/t16-,19-/m0/s1. The Bertz CT molecular complexity index is 825. The van der Waals surface area contributed by atoms with Gasteiger partial charge in [-0.05, 0) is 49.6 Å². The Kier molecular flexibility index (Phi) is 6.14. The van der Waals surface area contributed by atoms with E-state index in [1.165, 1.54) is 0 Å². The van der Waals surface area contributed by atoms with Gasteiger partial charge >= 0.3 is 0 Å². The number of carbonyl (C=O) groups is 2. The number of primary amides is 1. The van der Waals surface area contributed by atoms with Gasteiger partial charge in [0.25, 0.3) is 0 Å². The van der Waals surface area contributed by atoms with E-state index in [2.05, 4.69) is 5.32 Å². The highest BCUT2D eigenvalue weighted by molar-refractivity contribution is 6.31. The number of anilines is 1. The van der Waals surface area contributed by atoms with Gasteiger partial charge in [0, 0.05) is 17.3 Å².